The van der Waals surface area contributed by atoms with Gasteiger partial charge in [-0.2, -0.15) is 0 Å². The first-order valence-corrected chi connectivity index (χ1v) is 10.3. The Morgan fingerprint density at radius 3 is 2.58 bits per heavy atom. The minimum atomic E-state index is -1.02. The van der Waals surface area contributed by atoms with E-state index in [0.717, 1.165) is 29.5 Å². The van der Waals surface area contributed by atoms with Crippen molar-refractivity contribution in [3.63, 3.8) is 0 Å². The van der Waals surface area contributed by atoms with Crippen molar-refractivity contribution in [2.24, 2.45) is 0 Å². The maximum absolute atomic E-state index is 13.0. The summed E-state index contributed by atoms with van der Waals surface area (Å²) in [5, 5.41) is 12.1. The molecule has 160 valence electrons. The number of pyridine rings is 1. The van der Waals surface area contributed by atoms with Gasteiger partial charge < -0.3 is 15.2 Å². The summed E-state index contributed by atoms with van der Waals surface area (Å²) >= 11 is 0. The molecule has 1 unspecified atom stereocenters. The highest BCUT2D eigenvalue weighted by Gasteiger charge is 2.22. The lowest BCUT2D eigenvalue weighted by atomic mass is 9.96. The highest BCUT2D eigenvalue weighted by molar-refractivity contribution is 6.02. The summed E-state index contributed by atoms with van der Waals surface area (Å²) in [6.45, 7) is 2.31. The molecule has 0 saturated heterocycles. The minimum Gasteiger partial charge on any atom is -0.487 e. The number of rotatable bonds is 10. The molecule has 31 heavy (non-hydrogen) atoms. The van der Waals surface area contributed by atoms with E-state index in [1.807, 2.05) is 55.5 Å². The number of aliphatic carboxylic acids is 1. The first-order valence-electron chi connectivity index (χ1n) is 10.3. The second-order valence-electron chi connectivity index (χ2n) is 7.23. The van der Waals surface area contributed by atoms with Gasteiger partial charge in [0, 0.05) is 11.8 Å². The Labute approximate surface area is 181 Å². The van der Waals surface area contributed by atoms with Crippen molar-refractivity contribution in [3.05, 3.63) is 84.2 Å². The zero-order valence-corrected chi connectivity index (χ0v) is 17.5. The number of amides is 1. The monoisotopic (exact) mass is 418 g/mol. The van der Waals surface area contributed by atoms with Crippen LogP contribution in [0, 0.1) is 0 Å². The quantitative estimate of drug-likeness (QED) is 0.498. The normalized spacial score (nSPS) is 11.5. The van der Waals surface area contributed by atoms with Gasteiger partial charge in [-0.15, -0.1) is 0 Å². The van der Waals surface area contributed by atoms with Gasteiger partial charge in [-0.25, -0.2) is 4.79 Å². The lowest BCUT2D eigenvalue weighted by Gasteiger charge is -2.17. The molecule has 0 radical (unpaired) electrons. The van der Waals surface area contributed by atoms with Crippen molar-refractivity contribution in [3.8, 4) is 16.9 Å². The van der Waals surface area contributed by atoms with Crippen LogP contribution in [0.1, 0.15) is 42.1 Å². The molecule has 1 amide bonds. The highest BCUT2D eigenvalue weighted by atomic mass is 16.5. The topological polar surface area (TPSA) is 88.5 Å². The summed E-state index contributed by atoms with van der Waals surface area (Å²) < 4.78 is 5.78. The number of nitrogens with one attached hydrogen (secondary N) is 1. The highest BCUT2D eigenvalue weighted by Crippen LogP contribution is 2.26. The SMILES string of the molecule is CCCCC(NC(=O)c1ccc(COc2cccnc2)cc1-c1ccccc1)C(=O)O. The van der Waals surface area contributed by atoms with E-state index in [9.17, 15) is 14.7 Å². The van der Waals surface area contributed by atoms with Crippen molar-refractivity contribution in [1.82, 2.24) is 10.3 Å². The summed E-state index contributed by atoms with van der Waals surface area (Å²) in [7, 11) is 0. The summed E-state index contributed by atoms with van der Waals surface area (Å²) in [4.78, 5) is 28.6. The number of unbranched alkanes of at least 4 members (excludes halogenated alkanes) is 1. The summed E-state index contributed by atoms with van der Waals surface area (Å²) in [6, 6.07) is 17.7. The zero-order chi connectivity index (χ0) is 22.1. The van der Waals surface area contributed by atoms with E-state index in [-0.39, 0.29) is 0 Å². The third-order valence-corrected chi connectivity index (χ3v) is 4.90. The van der Waals surface area contributed by atoms with E-state index >= 15 is 0 Å². The average molecular weight is 418 g/mol. The number of carboxylic acids is 1. The average Bonchev–Trinajstić information content (AvgIpc) is 2.81. The molecular formula is C25H26N2O4. The van der Waals surface area contributed by atoms with Gasteiger partial charge in [0.1, 0.15) is 18.4 Å². The molecular weight excluding hydrogens is 392 g/mol. The first-order chi connectivity index (χ1) is 15.1. The number of carbonyl (C=O) groups is 2. The van der Waals surface area contributed by atoms with Crippen molar-refractivity contribution >= 4 is 11.9 Å². The molecule has 1 atom stereocenters. The van der Waals surface area contributed by atoms with Gasteiger partial charge in [0.05, 0.1) is 6.20 Å². The molecule has 0 aliphatic carbocycles. The van der Waals surface area contributed by atoms with Crippen molar-refractivity contribution in [2.75, 3.05) is 0 Å². The van der Waals surface area contributed by atoms with Crippen LogP contribution >= 0.6 is 0 Å². The number of carboxylic acid groups (broad SMARTS) is 1. The molecule has 6 heteroatoms. The molecule has 0 aliphatic rings. The molecule has 0 aliphatic heterocycles. The van der Waals surface area contributed by atoms with Crippen LogP contribution < -0.4 is 10.1 Å². The van der Waals surface area contributed by atoms with Crippen molar-refractivity contribution in [2.45, 2.75) is 38.8 Å². The number of carbonyl (C=O) groups excluding carboxylic acids is 1. The van der Waals surface area contributed by atoms with Crippen molar-refractivity contribution < 1.29 is 19.4 Å². The Morgan fingerprint density at radius 1 is 1.10 bits per heavy atom. The number of ether oxygens (including phenoxy) is 1. The van der Waals surface area contributed by atoms with E-state index in [1.165, 1.54) is 0 Å². The van der Waals surface area contributed by atoms with Crippen LogP contribution in [0.2, 0.25) is 0 Å². The molecule has 0 spiro atoms. The summed E-state index contributed by atoms with van der Waals surface area (Å²) in [6.07, 6.45) is 5.31. The Kier molecular flexibility index (Phi) is 7.76. The molecule has 3 aromatic rings. The fraction of sp³-hybridized carbons (Fsp3) is 0.240. The summed E-state index contributed by atoms with van der Waals surface area (Å²) in [5.74, 6) is -0.766. The van der Waals surface area contributed by atoms with E-state index in [1.54, 1.807) is 24.5 Å². The van der Waals surface area contributed by atoms with Gasteiger partial charge in [-0.3, -0.25) is 9.78 Å². The van der Waals surface area contributed by atoms with Gasteiger partial charge in [0.25, 0.3) is 5.91 Å². The maximum atomic E-state index is 13.0. The third-order valence-electron chi connectivity index (χ3n) is 4.90. The number of hydrogen-bond acceptors (Lipinski definition) is 4. The first kappa shape index (κ1) is 22.0. The van der Waals surface area contributed by atoms with Gasteiger partial charge >= 0.3 is 5.97 Å². The fourth-order valence-electron chi connectivity index (χ4n) is 3.24. The molecule has 1 aromatic heterocycles. The largest absolute Gasteiger partial charge is 0.487 e. The second-order valence-corrected chi connectivity index (χ2v) is 7.23. The molecule has 6 nitrogen and oxygen atoms in total. The van der Waals surface area contributed by atoms with Gasteiger partial charge in [-0.1, -0.05) is 56.2 Å². The van der Waals surface area contributed by atoms with E-state index in [2.05, 4.69) is 10.3 Å². The van der Waals surface area contributed by atoms with Crippen LogP contribution in [0.5, 0.6) is 5.75 Å². The Balaban J connectivity index is 1.86. The molecule has 1 heterocycles. The van der Waals surface area contributed by atoms with E-state index < -0.39 is 17.9 Å². The van der Waals surface area contributed by atoms with E-state index in [4.69, 9.17) is 4.74 Å². The van der Waals surface area contributed by atoms with Gasteiger partial charge in [0.15, 0.2) is 0 Å². The van der Waals surface area contributed by atoms with Crippen molar-refractivity contribution in [1.29, 1.82) is 0 Å². The molecule has 2 aromatic carbocycles. The predicted octanol–water partition coefficient (Wildman–Crippen LogP) is 4.70. The second kappa shape index (κ2) is 10.9. The van der Waals surface area contributed by atoms with E-state index in [0.29, 0.717) is 24.3 Å². The molecule has 0 fully saturated rings. The Morgan fingerprint density at radius 2 is 1.90 bits per heavy atom. The smallest absolute Gasteiger partial charge is 0.326 e. The standard InChI is InChI=1S/C25H26N2O4/c1-2-3-11-23(25(29)30)27-24(28)21-13-12-18(17-31-20-10-7-14-26-16-20)15-22(21)19-8-5-4-6-9-19/h4-10,12-16,23H,2-3,11,17H2,1H3,(H,27,28)(H,29,30). The fourth-order valence-corrected chi connectivity index (χ4v) is 3.24. The van der Waals surface area contributed by atoms with Crippen LogP contribution in [0.4, 0.5) is 0 Å². The van der Waals surface area contributed by atoms with Gasteiger partial charge in [0.2, 0.25) is 0 Å². The van der Waals surface area contributed by atoms with Crippen LogP contribution in [0.15, 0.2) is 73.1 Å². The van der Waals surface area contributed by atoms with Crippen LogP contribution in [-0.2, 0) is 11.4 Å². The maximum Gasteiger partial charge on any atom is 0.326 e. The number of aromatic nitrogens is 1. The van der Waals surface area contributed by atoms with Crippen LogP contribution in [0.25, 0.3) is 11.1 Å². The predicted molar refractivity (Wildman–Crippen MR) is 119 cm³/mol. The molecule has 3 rings (SSSR count). The zero-order valence-electron chi connectivity index (χ0n) is 17.5. The molecule has 0 bridgehead atoms. The molecule has 2 N–H and O–H groups in total. The third kappa shape index (κ3) is 6.15. The summed E-state index contributed by atoms with van der Waals surface area (Å²) in [5.41, 5.74) is 2.92. The van der Waals surface area contributed by atoms with Gasteiger partial charge in [-0.05, 0) is 47.4 Å². The molecule has 0 saturated carbocycles. The lowest BCUT2D eigenvalue weighted by Crippen LogP contribution is -2.40. The Hall–Kier alpha value is -3.67. The van der Waals surface area contributed by atoms with Crippen LogP contribution in [0.3, 0.4) is 0 Å². The number of nitrogens with zero attached hydrogens (tertiary/aromatic N) is 1. The minimum absolute atomic E-state index is 0.321. The van der Waals surface area contributed by atoms with Crippen LogP contribution in [-0.4, -0.2) is 28.0 Å². The lowest BCUT2D eigenvalue weighted by molar-refractivity contribution is -0.139. The Bertz CT molecular complexity index is 1010. The number of benzene rings is 2. The number of hydrogen-bond donors (Lipinski definition) is 2.